The molecule has 234 valence electrons. The molecule has 1 aliphatic heterocycles. The SMILES string of the molecule is CC(C)[C@H](C(N)=O)N(CCO)C(=O)COc1ccc([C@@H]2[C@@H](SCC(O)c3ccc(F)cc3)C(=O)N2c2ccc(F)cc2)cc1. The van der Waals surface area contributed by atoms with Crippen molar-refractivity contribution >= 4 is 35.2 Å². The maximum absolute atomic E-state index is 13.6. The quantitative estimate of drug-likeness (QED) is 0.233. The van der Waals surface area contributed by atoms with Gasteiger partial charge in [0.15, 0.2) is 6.61 Å². The number of carbonyl (C=O) groups is 3. The van der Waals surface area contributed by atoms with E-state index >= 15 is 0 Å². The minimum absolute atomic E-state index is 0.0727. The maximum Gasteiger partial charge on any atom is 0.261 e. The predicted molar refractivity (Wildman–Crippen MR) is 163 cm³/mol. The second kappa shape index (κ2) is 14.7. The zero-order chi connectivity index (χ0) is 32.0. The summed E-state index contributed by atoms with van der Waals surface area (Å²) in [5.41, 5.74) is 7.29. The summed E-state index contributed by atoms with van der Waals surface area (Å²) in [7, 11) is 0. The number of hydrogen-bond acceptors (Lipinski definition) is 7. The zero-order valence-corrected chi connectivity index (χ0v) is 25.1. The van der Waals surface area contributed by atoms with E-state index in [1.54, 1.807) is 43.0 Å². The highest BCUT2D eigenvalue weighted by Crippen LogP contribution is 2.46. The molecule has 3 amide bonds. The molecule has 0 bridgehead atoms. The Bertz CT molecular complexity index is 1440. The Morgan fingerprint density at radius 2 is 1.59 bits per heavy atom. The normalized spacial score (nSPS) is 17.6. The first-order chi connectivity index (χ1) is 21.0. The van der Waals surface area contributed by atoms with Crippen molar-refractivity contribution in [1.29, 1.82) is 0 Å². The van der Waals surface area contributed by atoms with Gasteiger partial charge in [-0.1, -0.05) is 38.1 Å². The van der Waals surface area contributed by atoms with Gasteiger partial charge < -0.3 is 30.5 Å². The van der Waals surface area contributed by atoms with Crippen LogP contribution in [-0.2, 0) is 14.4 Å². The number of thioether (sulfide) groups is 1. The topological polar surface area (TPSA) is 133 Å². The van der Waals surface area contributed by atoms with Crippen LogP contribution in [0, 0.1) is 17.6 Å². The molecule has 0 aliphatic carbocycles. The van der Waals surface area contributed by atoms with Crippen LogP contribution in [0.2, 0.25) is 0 Å². The van der Waals surface area contributed by atoms with Gasteiger partial charge in [-0.25, -0.2) is 8.78 Å². The van der Waals surface area contributed by atoms with Crippen molar-refractivity contribution in [3.05, 3.63) is 95.6 Å². The van der Waals surface area contributed by atoms with Crippen molar-refractivity contribution in [3.63, 3.8) is 0 Å². The lowest BCUT2D eigenvalue weighted by atomic mass is 9.92. The molecule has 1 unspecified atom stereocenters. The van der Waals surface area contributed by atoms with Gasteiger partial charge in [0.1, 0.15) is 28.7 Å². The summed E-state index contributed by atoms with van der Waals surface area (Å²) >= 11 is 1.27. The molecule has 0 saturated carbocycles. The van der Waals surface area contributed by atoms with E-state index in [4.69, 9.17) is 10.5 Å². The fourth-order valence-corrected chi connectivity index (χ4v) is 6.47. The van der Waals surface area contributed by atoms with Gasteiger partial charge in [0.05, 0.1) is 18.8 Å². The number of β-lactam (4-membered cyclic amide) rings is 1. The Morgan fingerprint density at radius 1 is 1.00 bits per heavy atom. The van der Waals surface area contributed by atoms with E-state index in [9.17, 15) is 33.4 Å². The van der Waals surface area contributed by atoms with Crippen LogP contribution in [0.1, 0.15) is 37.1 Å². The van der Waals surface area contributed by atoms with Crippen LogP contribution >= 0.6 is 11.8 Å². The molecule has 1 saturated heterocycles. The Balaban J connectivity index is 1.48. The summed E-state index contributed by atoms with van der Waals surface area (Å²) in [5, 5.41) is 19.5. The average molecular weight is 628 g/mol. The maximum atomic E-state index is 13.6. The number of ether oxygens (including phenoxy) is 1. The van der Waals surface area contributed by atoms with Crippen molar-refractivity contribution in [2.24, 2.45) is 11.7 Å². The molecule has 0 radical (unpaired) electrons. The molecule has 3 aromatic rings. The van der Waals surface area contributed by atoms with Crippen molar-refractivity contribution in [1.82, 2.24) is 4.90 Å². The van der Waals surface area contributed by atoms with E-state index in [-0.39, 0.29) is 37.3 Å². The van der Waals surface area contributed by atoms with E-state index < -0.39 is 46.9 Å². The minimum Gasteiger partial charge on any atom is -0.484 e. The van der Waals surface area contributed by atoms with Crippen LogP contribution in [0.5, 0.6) is 5.75 Å². The predicted octanol–water partition coefficient (Wildman–Crippen LogP) is 3.60. The number of primary amides is 1. The number of rotatable bonds is 14. The third-order valence-electron chi connectivity index (χ3n) is 7.34. The molecular weight excluding hydrogens is 592 g/mol. The van der Waals surface area contributed by atoms with Gasteiger partial charge in [0.25, 0.3) is 5.91 Å². The number of nitrogens with two attached hydrogens (primary N) is 1. The Morgan fingerprint density at radius 3 is 2.14 bits per heavy atom. The molecule has 0 aromatic heterocycles. The first-order valence-electron chi connectivity index (χ1n) is 14.1. The Hall–Kier alpha value is -4.00. The molecule has 1 heterocycles. The van der Waals surface area contributed by atoms with Gasteiger partial charge in [-0.3, -0.25) is 14.4 Å². The number of anilines is 1. The lowest BCUT2D eigenvalue weighted by Crippen LogP contribution is -2.57. The number of carbonyl (C=O) groups excluding carboxylic acids is 3. The molecule has 12 heteroatoms. The summed E-state index contributed by atoms with van der Waals surface area (Å²) < 4.78 is 32.6. The van der Waals surface area contributed by atoms with E-state index in [0.717, 1.165) is 5.56 Å². The third-order valence-corrected chi connectivity index (χ3v) is 8.67. The first kappa shape index (κ1) is 32.9. The number of nitrogens with zero attached hydrogens (tertiary/aromatic N) is 2. The number of aliphatic hydroxyl groups excluding tert-OH is 2. The molecular formula is C32H35F2N3O6S. The summed E-state index contributed by atoms with van der Waals surface area (Å²) in [4.78, 5) is 40.9. The number of hydrogen-bond donors (Lipinski definition) is 3. The van der Waals surface area contributed by atoms with Gasteiger partial charge in [-0.2, -0.15) is 0 Å². The number of halogens is 2. The molecule has 3 aromatic carbocycles. The van der Waals surface area contributed by atoms with Gasteiger partial charge in [-0.05, 0) is 65.6 Å². The molecule has 4 atom stereocenters. The average Bonchev–Trinajstić information content (AvgIpc) is 2.99. The van der Waals surface area contributed by atoms with Crippen LogP contribution < -0.4 is 15.4 Å². The summed E-state index contributed by atoms with van der Waals surface area (Å²) in [6, 6.07) is 16.6. The highest BCUT2D eigenvalue weighted by molar-refractivity contribution is 8.00. The summed E-state index contributed by atoms with van der Waals surface area (Å²) in [6.45, 7) is 2.70. The van der Waals surface area contributed by atoms with Crippen LogP contribution in [0.15, 0.2) is 72.8 Å². The summed E-state index contributed by atoms with van der Waals surface area (Å²) in [6.07, 6.45) is -0.919. The molecule has 1 fully saturated rings. The lowest BCUT2D eigenvalue weighted by molar-refractivity contribution is -0.143. The standard InChI is InChI=1S/C32H35F2N3O6S/c1-19(2)28(31(35)41)36(15-16-38)27(40)17-43-25-13-5-21(6-14-25)29-30(32(42)37(29)24-11-9-23(34)10-12-24)44-18-26(39)20-3-7-22(33)8-4-20/h3-14,19,26,28-30,38-39H,15-18H2,1-2H3,(H2,35,41)/t26?,28-,29-,30-/m1/s1. The molecule has 9 nitrogen and oxygen atoms in total. The minimum atomic E-state index is -0.919. The van der Waals surface area contributed by atoms with Crippen LogP contribution in [0.4, 0.5) is 14.5 Å². The second-order valence-electron chi connectivity index (χ2n) is 10.7. The van der Waals surface area contributed by atoms with Crippen molar-refractivity contribution in [3.8, 4) is 5.75 Å². The highest BCUT2D eigenvalue weighted by atomic mass is 32.2. The van der Waals surface area contributed by atoms with E-state index in [1.807, 2.05) is 0 Å². The van der Waals surface area contributed by atoms with Gasteiger partial charge in [0.2, 0.25) is 11.8 Å². The Kier molecular flexibility index (Phi) is 11.0. The second-order valence-corrected chi connectivity index (χ2v) is 11.9. The van der Waals surface area contributed by atoms with Crippen LogP contribution in [0.25, 0.3) is 0 Å². The van der Waals surface area contributed by atoms with Crippen molar-refractivity contribution in [2.75, 3.05) is 30.4 Å². The number of benzene rings is 3. The molecule has 44 heavy (non-hydrogen) atoms. The lowest BCUT2D eigenvalue weighted by Gasteiger charge is -2.47. The number of amides is 3. The van der Waals surface area contributed by atoms with E-state index in [2.05, 4.69) is 0 Å². The summed E-state index contributed by atoms with van der Waals surface area (Å²) in [5.74, 6) is -1.96. The van der Waals surface area contributed by atoms with Gasteiger partial charge >= 0.3 is 0 Å². The van der Waals surface area contributed by atoms with Crippen molar-refractivity contribution < 1.29 is 38.1 Å². The number of aliphatic hydroxyl groups is 2. The monoisotopic (exact) mass is 627 g/mol. The molecule has 1 aliphatic rings. The van der Waals surface area contributed by atoms with E-state index in [1.165, 1.54) is 65.2 Å². The van der Waals surface area contributed by atoms with E-state index in [0.29, 0.717) is 17.0 Å². The molecule has 4 N–H and O–H groups in total. The fraction of sp³-hybridized carbons (Fsp3) is 0.344. The smallest absolute Gasteiger partial charge is 0.261 e. The molecule has 0 spiro atoms. The zero-order valence-electron chi connectivity index (χ0n) is 24.3. The van der Waals surface area contributed by atoms with Gasteiger partial charge in [0, 0.05) is 18.0 Å². The first-order valence-corrected chi connectivity index (χ1v) is 15.1. The third kappa shape index (κ3) is 7.55. The highest BCUT2D eigenvalue weighted by Gasteiger charge is 2.49. The fourth-order valence-electron chi connectivity index (χ4n) is 5.17. The van der Waals surface area contributed by atoms with Crippen LogP contribution in [-0.4, -0.2) is 69.6 Å². The van der Waals surface area contributed by atoms with Gasteiger partial charge in [-0.15, -0.1) is 11.8 Å². The Labute approximate surface area is 258 Å². The molecule has 4 rings (SSSR count). The van der Waals surface area contributed by atoms with Crippen molar-refractivity contribution in [2.45, 2.75) is 37.3 Å². The largest absolute Gasteiger partial charge is 0.484 e. The van der Waals surface area contributed by atoms with Crippen LogP contribution in [0.3, 0.4) is 0 Å².